The molecular weight excluding hydrogens is 340 g/mol. The standard InChI is InChI=1S/C17H30N4O5/c1-4-11(13(22)6-3)20-15(24)8-7-14(23)12(5-2)21-17(26)10-19-16(25)9-18/h11-12H,4-10,18H2,1-3H3,(H,19,25)(H,20,24)(H,21,26)/t11-,12?/m0/s1. The zero-order valence-corrected chi connectivity index (χ0v) is 15.7. The maximum Gasteiger partial charge on any atom is 0.239 e. The summed E-state index contributed by atoms with van der Waals surface area (Å²) in [5.74, 6) is -1.68. The van der Waals surface area contributed by atoms with Crippen molar-refractivity contribution in [2.24, 2.45) is 5.73 Å². The van der Waals surface area contributed by atoms with Crippen molar-refractivity contribution in [2.45, 2.75) is 65.0 Å². The Morgan fingerprint density at radius 3 is 1.81 bits per heavy atom. The second-order valence-electron chi connectivity index (χ2n) is 5.82. The van der Waals surface area contributed by atoms with Crippen LogP contribution in [0.2, 0.25) is 0 Å². The molecule has 1 unspecified atom stereocenters. The van der Waals surface area contributed by atoms with Crippen LogP contribution in [0.5, 0.6) is 0 Å². The topological polar surface area (TPSA) is 147 Å². The number of hydrogen-bond acceptors (Lipinski definition) is 6. The molecule has 26 heavy (non-hydrogen) atoms. The first kappa shape index (κ1) is 23.7. The molecule has 0 fully saturated rings. The molecule has 3 amide bonds. The number of rotatable bonds is 13. The van der Waals surface area contributed by atoms with Crippen LogP contribution in [0.15, 0.2) is 0 Å². The van der Waals surface area contributed by atoms with Gasteiger partial charge in [-0.3, -0.25) is 24.0 Å². The lowest BCUT2D eigenvalue weighted by atomic mass is 10.0. The Bertz CT molecular complexity index is 521. The Kier molecular flexibility index (Phi) is 11.8. The molecule has 9 heteroatoms. The Hall–Kier alpha value is -2.29. The predicted molar refractivity (Wildman–Crippen MR) is 96.0 cm³/mol. The summed E-state index contributed by atoms with van der Waals surface area (Å²) in [5.41, 5.74) is 5.12. The normalized spacial score (nSPS) is 12.6. The molecule has 0 aliphatic rings. The fraction of sp³-hybridized carbons (Fsp3) is 0.706. The summed E-state index contributed by atoms with van der Waals surface area (Å²) in [6.07, 6.45) is 1.10. The molecule has 0 saturated heterocycles. The maximum atomic E-state index is 12.2. The molecule has 0 aromatic carbocycles. The number of carbonyl (C=O) groups excluding carboxylic acids is 5. The van der Waals surface area contributed by atoms with Crippen LogP contribution >= 0.6 is 0 Å². The molecule has 0 bridgehead atoms. The number of nitrogens with two attached hydrogens (primary N) is 1. The summed E-state index contributed by atoms with van der Waals surface area (Å²) in [6.45, 7) is 4.77. The molecule has 0 heterocycles. The van der Waals surface area contributed by atoms with Crippen LogP contribution in [0.1, 0.15) is 52.9 Å². The minimum Gasteiger partial charge on any atom is -0.346 e. The molecule has 0 aliphatic heterocycles. The quantitative estimate of drug-likeness (QED) is 0.333. The van der Waals surface area contributed by atoms with Gasteiger partial charge in [-0.2, -0.15) is 0 Å². The van der Waals surface area contributed by atoms with E-state index < -0.39 is 23.9 Å². The van der Waals surface area contributed by atoms with Crippen LogP contribution in [0.4, 0.5) is 0 Å². The van der Waals surface area contributed by atoms with E-state index in [0.717, 1.165) is 0 Å². The Balaban J connectivity index is 4.40. The molecule has 0 spiro atoms. The van der Waals surface area contributed by atoms with Crippen LogP contribution in [0, 0.1) is 0 Å². The average molecular weight is 370 g/mol. The van der Waals surface area contributed by atoms with Gasteiger partial charge in [0.2, 0.25) is 17.7 Å². The van der Waals surface area contributed by atoms with Gasteiger partial charge >= 0.3 is 0 Å². The molecule has 0 rings (SSSR count). The van der Waals surface area contributed by atoms with Crippen molar-refractivity contribution in [2.75, 3.05) is 13.1 Å². The van der Waals surface area contributed by atoms with E-state index in [0.29, 0.717) is 19.3 Å². The number of hydrogen-bond donors (Lipinski definition) is 4. The van der Waals surface area contributed by atoms with Gasteiger partial charge in [-0.15, -0.1) is 0 Å². The average Bonchev–Trinajstić information content (AvgIpc) is 2.65. The Labute approximate surface area is 153 Å². The third-order valence-corrected chi connectivity index (χ3v) is 3.84. The maximum absolute atomic E-state index is 12.2. The summed E-state index contributed by atoms with van der Waals surface area (Å²) in [5, 5.41) is 7.45. The van der Waals surface area contributed by atoms with E-state index in [1.165, 1.54) is 0 Å². The Morgan fingerprint density at radius 2 is 1.31 bits per heavy atom. The van der Waals surface area contributed by atoms with E-state index in [1.807, 2.05) is 0 Å². The molecule has 0 aromatic heterocycles. The van der Waals surface area contributed by atoms with Crippen molar-refractivity contribution in [1.82, 2.24) is 16.0 Å². The minimum absolute atomic E-state index is 0.0451. The van der Waals surface area contributed by atoms with Gasteiger partial charge in [-0.25, -0.2) is 0 Å². The SMILES string of the molecule is CCC(=O)[C@H](CC)NC(=O)CCC(=O)C(CC)NC(=O)CNC(=O)CN. The smallest absolute Gasteiger partial charge is 0.239 e. The third-order valence-electron chi connectivity index (χ3n) is 3.84. The largest absolute Gasteiger partial charge is 0.346 e. The Morgan fingerprint density at radius 1 is 0.769 bits per heavy atom. The number of amides is 3. The number of carbonyl (C=O) groups is 5. The minimum atomic E-state index is -0.732. The number of nitrogens with one attached hydrogen (secondary N) is 3. The summed E-state index contributed by atoms with van der Waals surface area (Å²) in [4.78, 5) is 58.5. The van der Waals surface area contributed by atoms with Gasteiger partial charge < -0.3 is 21.7 Å². The highest BCUT2D eigenvalue weighted by Crippen LogP contribution is 2.03. The van der Waals surface area contributed by atoms with E-state index in [-0.39, 0.29) is 43.4 Å². The van der Waals surface area contributed by atoms with Crippen LogP contribution in [-0.2, 0) is 24.0 Å². The van der Waals surface area contributed by atoms with E-state index in [9.17, 15) is 24.0 Å². The molecule has 0 aromatic rings. The molecule has 5 N–H and O–H groups in total. The van der Waals surface area contributed by atoms with E-state index in [1.54, 1.807) is 20.8 Å². The van der Waals surface area contributed by atoms with E-state index in [4.69, 9.17) is 5.73 Å². The second-order valence-corrected chi connectivity index (χ2v) is 5.82. The first-order valence-electron chi connectivity index (χ1n) is 8.89. The van der Waals surface area contributed by atoms with Gasteiger partial charge in [0.05, 0.1) is 25.2 Å². The molecule has 0 saturated carbocycles. The van der Waals surface area contributed by atoms with Crippen molar-refractivity contribution in [3.8, 4) is 0 Å². The molecule has 9 nitrogen and oxygen atoms in total. The van der Waals surface area contributed by atoms with Crippen molar-refractivity contribution in [1.29, 1.82) is 0 Å². The highest BCUT2D eigenvalue weighted by Gasteiger charge is 2.21. The first-order chi connectivity index (χ1) is 12.3. The fourth-order valence-electron chi connectivity index (χ4n) is 2.24. The number of Topliss-reactive ketones (excluding diaryl/α,β-unsaturated/α-hetero) is 2. The predicted octanol–water partition coefficient (Wildman–Crippen LogP) is -0.821. The summed E-state index contributed by atoms with van der Waals surface area (Å²) >= 11 is 0. The highest BCUT2D eigenvalue weighted by molar-refractivity contribution is 5.94. The van der Waals surface area contributed by atoms with Gasteiger partial charge in [-0.1, -0.05) is 20.8 Å². The van der Waals surface area contributed by atoms with Crippen molar-refractivity contribution >= 4 is 29.3 Å². The van der Waals surface area contributed by atoms with E-state index in [2.05, 4.69) is 16.0 Å². The van der Waals surface area contributed by atoms with Crippen molar-refractivity contribution < 1.29 is 24.0 Å². The van der Waals surface area contributed by atoms with Crippen LogP contribution < -0.4 is 21.7 Å². The van der Waals surface area contributed by atoms with Crippen LogP contribution in [-0.4, -0.2) is 54.5 Å². The lowest BCUT2D eigenvalue weighted by Crippen LogP contribution is -2.46. The molecule has 148 valence electrons. The van der Waals surface area contributed by atoms with Gasteiger partial charge in [0.1, 0.15) is 0 Å². The molecule has 0 aliphatic carbocycles. The van der Waals surface area contributed by atoms with Gasteiger partial charge in [0.15, 0.2) is 11.6 Å². The second kappa shape index (κ2) is 13.0. The molecular formula is C17H30N4O5. The monoisotopic (exact) mass is 370 g/mol. The zero-order valence-electron chi connectivity index (χ0n) is 15.7. The first-order valence-corrected chi connectivity index (χ1v) is 8.89. The lowest BCUT2D eigenvalue weighted by Gasteiger charge is -2.17. The molecule has 2 atom stereocenters. The van der Waals surface area contributed by atoms with Crippen molar-refractivity contribution in [3.63, 3.8) is 0 Å². The number of ketones is 2. The van der Waals surface area contributed by atoms with Gasteiger partial charge in [0.25, 0.3) is 0 Å². The van der Waals surface area contributed by atoms with Crippen molar-refractivity contribution in [3.05, 3.63) is 0 Å². The summed E-state index contributed by atoms with van der Waals surface area (Å²) < 4.78 is 0. The highest BCUT2D eigenvalue weighted by atomic mass is 16.2. The van der Waals surface area contributed by atoms with Gasteiger partial charge in [-0.05, 0) is 12.8 Å². The van der Waals surface area contributed by atoms with Gasteiger partial charge in [0, 0.05) is 19.3 Å². The van der Waals surface area contributed by atoms with E-state index >= 15 is 0 Å². The zero-order chi connectivity index (χ0) is 20.1. The summed E-state index contributed by atoms with van der Waals surface area (Å²) in [7, 11) is 0. The lowest BCUT2D eigenvalue weighted by molar-refractivity contribution is -0.130. The fourth-order valence-corrected chi connectivity index (χ4v) is 2.24. The van der Waals surface area contributed by atoms with Crippen LogP contribution in [0.3, 0.4) is 0 Å². The summed E-state index contributed by atoms with van der Waals surface area (Å²) in [6, 6.07) is -1.26. The third kappa shape index (κ3) is 9.26. The van der Waals surface area contributed by atoms with Crippen LogP contribution in [0.25, 0.3) is 0 Å². The molecule has 0 radical (unpaired) electrons.